The zero-order valence-corrected chi connectivity index (χ0v) is 12.3. The highest BCUT2D eigenvalue weighted by molar-refractivity contribution is 6.30. The first kappa shape index (κ1) is 15.1. The summed E-state index contributed by atoms with van der Waals surface area (Å²) >= 11 is 5.79. The van der Waals surface area contributed by atoms with Crippen molar-refractivity contribution >= 4 is 17.6 Å². The first-order valence-electron chi connectivity index (χ1n) is 6.86. The molecule has 20 heavy (non-hydrogen) atoms. The van der Waals surface area contributed by atoms with Crippen LogP contribution in [-0.4, -0.2) is 31.4 Å². The molecule has 1 aliphatic rings. The minimum absolute atomic E-state index is 0.273. The summed E-state index contributed by atoms with van der Waals surface area (Å²) in [4.78, 5) is 11.9. The third kappa shape index (κ3) is 4.12. The second-order valence-corrected chi connectivity index (χ2v) is 5.26. The molecule has 1 fully saturated rings. The first-order chi connectivity index (χ1) is 9.66. The van der Waals surface area contributed by atoms with Crippen LogP contribution in [0.2, 0.25) is 5.02 Å². The molecule has 0 N–H and O–H groups in total. The van der Waals surface area contributed by atoms with E-state index < -0.39 is 5.60 Å². The molecule has 4 nitrogen and oxygen atoms in total. The van der Waals surface area contributed by atoms with Gasteiger partial charge in [-0.1, -0.05) is 24.9 Å². The van der Waals surface area contributed by atoms with E-state index in [-0.39, 0.29) is 5.97 Å². The molecule has 2 rings (SSSR count). The number of rotatable bonds is 8. The molecule has 0 spiro atoms. The molecule has 0 aromatic heterocycles. The van der Waals surface area contributed by atoms with E-state index in [1.165, 1.54) is 0 Å². The Hall–Kier alpha value is -1.26. The highest BCUT2D eigenvalue weighted by atomic mass is 35.5. The second kappa shape index (κ2) is 6.95. The lowest BCUT2D eigenvalue weighted by Gasteiger charge is -2.12. The fourth-order valence-electron chi connectivity index (χ4n) is 1.76. The molecule has 110 valence electrons. The van der Waals surface area contributed by atoms with Crippen molar-refractivity contribution in [3.05, 3.63) is 29.3 Å². The Labute approximate surface area is 124 Å². The minimum atomic E-state index is -0.778. The molecule has 5 heteroatoms. The van der Waals surface area contributed by atoms with Crippen LogP contribution in [-0.2, 0) is 14.3 Å². The number of esters is 1. The molecule has 1 unspecified atom stereocenters. The maximum absolute atomic E-state index is 11.9. The van der Waals surface area contributed by atoms with E-state index in [2.05, 4.69) is 6.92 Å². The van der Waals surface area contributed by atoms with Gasteiger partial charge < -0.3 is 14.2 Å². The SMILES string of the molecule is CCCCOC(=O)C1(CCOc2ccc(Cl)cc2)CO1. The predicted octanol–water partition coefficient (Wildman–Crippen LogP) is 3.22. The molecule has 0 radical (unpaired) electrons. The van der Waals surface area contributed by atoms with Crippen LogP contribution >= 0.6 is 11.6 Å². The van der Waals surface area contributed by atoms with Gasteiger partial charge in [-0.25, -0.2) is 4.79 Å². The molecule has 1 heterocycles. The monoisotopic (exact) mass is 298 g/mol. The highest BCUT2D eigenvalue weighted by Gasteiger charge is 2.53. The molecular formula is C15H19ClO4. The number of hydrogen-bond donors (Lipinski definition) is 0. The fraction of sp³-hybridized carbons (Fsp3) is 0.533. The van der Waals surface area contributed by atoms with E-state index in [0.29, 0.717) is 31.3 Å². The minimum Gasteiger partial charge on any atom is -0.493 e. The van der Waals surface area contributed by atoms with E-state index >= 15 is 0 Å². The van der Waals surface area contributed by atoms with Gasteiger partial charge in [0.2, 0.25) is 0 Å². The highest BCUT2D eigenvalue weighted by Crippen LogP contribution is 2.32. The van der Waals surface area contributed by atoms with Crippen molar-refractivity contribution in [3.63, 3.8) is 0 Å². The van der Waals surface area contributed by atoms with Gasteiger partial charge >= 0.3 is 5.97 Å². The number of hydrogen-bond acceptors (Lipinski definition) is 4. The number of ether oxygens (including phenoxy) is 3. The van der Waals surface area contributed by atoms with Crippen LogP contribution in [0.25, 0.3) is 0 Å². The fourth-order valence-corrected chi connectivity index (χ4v) is 1.88. The molecular weight excluding hydrogens is 280 g/mol. The molecule has 0 saturated carbocycles. The lowest BCUT2D eigenvalue weighted by molar-refractivity contribution is -0.150. The Morgan fingerprint density at radius 1 is 1.35 bits per heavy atom. The van der Waals surface area contributed by atoms with Crippen molar-refractivity contribution in [2.45, 2.75) is 31.8 Å². The molecule has 1 aromatic carbocycles. The Kier molecular flexibility index (Phi) is 5.26. The average molecular weight is 299 g/mol. The maximum atomic E-state index is 11.9. The zero-order chi connectivity index (χ0) is 14.4. The Morgan fingerprint density at radius 2 is 2.05 bits per heavy atom. The summed E-state index contributed by atoms with van der Waals surface area (Å²) < 4.78 is 16.0. The second-order valence-electron chi connectivity index (χ2n) is 4.82. The van der Waals surface area contributed by atoms with Gasteiger partial charge in [0, 0.05) is 11.4 Å². The van der Waals surface area contributed by atoms with Gasteiger partial charge in [0.15, 0.2) is 5.60 Å². The van der Waals surface area contributed by atoms with Crippen LogP contribution < -0.4 is 4.74 Å². The zero-order valence-electron chi connectivity index (χ0n) is 11.6. The van der Waals surface area contributed by atoms with Crippen LogP contribution in [0.1, 0.15) is 26.2 Å². The number of epoxide rings is 1. The molecule has 1 saturated heterocycles. The van der Waals surface area contributed by atoms with Crippen LogP contribution in [0.4, 0.5) is 0 Å². The Bertz CT molecular complexity index is 440. The van der Waals surface area contributed by atoms with Crippen LogP contribution in [0.5, 0.6) is 5.75 Å². The predicted molar refractivity (Wildman–Crippen MR) is 76.1 cm³/mol. The summed E-state index contributed by atoms with van der Waals surface area (Å²) in [5, 5.41) is 0.666. The van der Waals surface area contributed by atoms with Crippen molar-refractivity contribution < 1.29 is 19.0 Å². The number of halogens is 1. The van der Waals surface area contributed by atoms with Gasteiger partial charge in [0.1, 0.15) is 5.75 Å². The number of carbonyl (C=O) groups is 1. The topological polar surface area (TPSA) is 48.1 Å². The van der Waals surface area contributed by atoms with E-state index in [4.69, 9.17) is 25.8 Å². The molecule has 0 amide bonds. The Morgan fingerprint density at radius 3 is 2.65 bits per heavy atom. The lowest BCUT2D eigenvalue weighted by atomic mass is 10.1. The van der Waals surface area contributed by atoms with Gasteiger partial charge in [0.25, 0.3) is 0 Å². The van der Waals surface area contributed by atoms with Crippen molar-refractivity contribution in [2.24, 2.45) is 0 Å². The number of benzene rings is 1. The first-order valence-corrected chi connectivity index (χ1v) is 7.24. The van der Waals surface area contributed by atoms with Gasteiger partial charge in [-0.15, -0.1) is 0 Å². The van der Waals surface area contributed by atoms with Crippen molar-refractivity contribution in [1.82, 2.24) is 0 Å². The standard InChI is InChI=1S/C15H19ClO4/c1-2-3-9-19-14(17)15(11-20-15)8-10-18-13-6-4-12(16)5-7-13/h4-7H,2-3,8-11H2,1H3. The average Bonchev–Trinajstić information content (AvgIpc) is 3.22. The third-order valence-corrected chi connectivity index (χ3v) is 3.44. The maximum Gasteiger partial charge on any atom is 0.340 e. The largest absolute Gasteiger partial charge is 0.493 e. The quantitative estimate of drug-likeness (QED) is 0.420. The smallest absolute Gasteiger partial charge is 0.340 e. The van der Waals surface area contributed by atoms with Gasteiger partial charge in [-0.3, -0.25) is 0 Å². The van der Waals surface area contributed by atoms with Crippen molar-refractivity contribution in [1.29, 1.82) is 0 Å². The summed E-state index contributed by atoms with van der Waals surface area (Å²) in [6.07, 6.45) is 2.38. The van der Waals surface area contributed by atoms with Crippen molar-refractivity contribution in [3.8, 4) is 5.75 Å². The Balaban J connectivity index is 1.73. The number of carbonyl (C=O) groups excluding carboxylic acids is 1. The lowest BCUT2D eigenvalue weighted by Crippen LogP contribution is -2.29. The normalized spacial score (nSPS) is 20.5. The third-order valence-electron chi connectivity index (χ3n) is 3.18. The van der Waals surface area contributed by atoms with Crippen LogP contribution in [0.3, 0.4) is 0 Å². The summed E-state index contributed by atoms with van der Waals surface area (Å²) in [7, 11) is 0. The molecule has 1 aliphatic heterocycles. The molecule has 1 atom stereocenters. The van der Waals surface area contributed by atoms with Gasteiger partial charge in [-0.05, 0) is 30.7 Å². The van der Waals surface area contributed by atoms with E-state index in [9.17, 15) is 4.79 Å². The van der Waals surface area contributed by atoms with E-state index in [1.807, 2.05) is 0 Å². The van der Waals surface area contributed by atoms with E-state index in [0.717, 1.165) is 18.6 Å². The summed E-state index contributed by atoms with van der Waals surface area (Å²) in [5.74, 6) is 0.454. The molecule has 1 aromatic rings. The van der Waals surface area contributed by atoms with Crippen LogP contribution in [0, 0.1) is 0 Å². The molecule has 0 bridgehead atoms. The van der Waals surface area contributed by atoms with Crippen molar-refractivity contribution in [2.75, 3.05) is 19.8 Å². The molecule has 0 aliphatic carbocycles. The summed E-state index contributed by atoms with van der Waals surface area (Å²) in [5.41, 5.74) is -0.778. The van der Waals surface area contributed by atoms with Gasteiger partial charge in [0.05, 0.1) is 19.8 Å². The number of unbranched alkanes of at least 4 members (excludes halogenated alkanes) is 1. The van der Waals surface area contributed by atoms with Gasteiger partial charge in [-0.2, -0.15) is 0 Å². The van der Waals surface area contributed by atoms with Crippen LogP contribution in [0.15, 0.2) is 24.3 Å². The van der Waals surface area contributed by atoms with E-state index in [1.54, 1.807) is 24.3 Å². The summed E-state index contributed by atoms with van der Waals surface area (Å²) in [6, 6.07) is 7.11. The summed E-state index contributed by atoms with van der Waals surface area (Å²) in [6.45, 7) is 3.34.